The van der Waals surface area contributed by atoms with Gasteiger partial charge in [0.2, 0.25) is 0 Å². The second-order valence-corrected chi connectivity index (χ2v) is 6.34. The molecular weight excluding hydrogens is 226 g/mol. The van der Waals surface area contributed by atoms with E-state index in [0.717, 1.165) is 25.7 Å². The highest BCUT2D eigenvalue weighted by molar-refractivity contribution is 5.75. The Bertz CT molecular complexity index is 316. The molecule has 0 radical (unpaired) electrons. The van der Waals surface area contributed by atoms with Crippen molar-refractivity contribution in [1.29, 1.82) is 5.26 Å². The van der Waals surface area contributed by atoms with E-state index in [1.165, 1.54) is 0 Å². The molecule has 0 saturated heterocycles. The van der Waals surface area contributed by atoms with E-state index in [-0.39, 0.29) is 11.9 Å². The zero-order chi connectivity index (χ0) is 13.8. The van der Waals surface area contributed by atoms with Gasteiger partial charge >= 0.3 is 5.97 Å². The maximum absolute atomic E-state index is 11.7. The van der Waals surface area contributed by atoms with Crippen molar-refractivity contribution in [3.63, 3.8) is 0 Å². The lowest BCUT2D eigenvalue weighted by Gasteiger charge is -2.37. The van der Waals surface area contributed by atoms with Crippen molar-refractivity contribution in [2.24, 2.45) is 23.2 Å². The Morgan fingerprint density at radius 1 is 1.33 bits per heavy atom. The van der Waals surface area contributed by atoms with E-state index in [0.29, 0.717) is 17.9 Å². The Morgan fingerprint density at radius 3 is 2.28 bits per heavy atom. The van der Waals surface area contributed by atoms with Gasteiger partial charge in [0.25, 0.3) is 0 Å². The first-order valence-electron chi connectivity index (χ1n) is 6.96. The van der Waals surface area contributed by atoms with Gasteiger partial charge in [0.1, 0.15) is 5.92 Å². The number of carbonyl (C=O) groups excluding carboxylic acids is 1. The van der Waals surface area contributed by atoms with E-state index >= 15 is 0 Å². The van der Waals surface area contributed by atoms with E-state index in [1.807, 2.05) is 0 Å². The van der Waals surface area contributed by atoms with Crippen molar-refractivity contribution < 1.29 is 9.53 Å². The maximum atomic E-state index is 11.7. The smallest absolute Gasteiger partial charge is 0.323 e. The quantitative estimate of drug-likeness (QED) is 0.721. The minimum absolute atomic E-state index is 0.188. The van der Waals surface area contributed by atoms with Crippen molar-refractivity contribution >= 4 is 5.97 Å². The van der Waals surface area contributed by atoms with Crippen LogP contribution in [0.25, 0.3) is 0 Å². The molecule has 0 aromatic carbocycles. The fraction of sp³-hybridized carbons (Fsp3) is 0.867. The third-order valence-corrected chi connectivity index (χ3v) is 4.15. The zero-order valence-corrected chi connectivity index (χ0v) is 12.0. The van der Waals surface area contributed by atoms with Gasteiger partial charge in [-0.25, -0.2) is 0 Å². The van der Waals surface area contributed by atoms with Gasteiger partial charge in [-0.2, -0.15) is 5.26 Å². The lowest BCUT2D eigenvalue weighted by atomic mass is 9.67. The summed E-state index contributed by atoms with van der Waals surface area (Å²) in [4.78, 5) is 11.7. The highest BCUT2D eigenvalue weighted by Crippen LogP contribution is 2.41. The highest BCUT2D eigenvalue weighted by Gasteiger charge is 2.36. The molecule has 1 unspecified atom stereocenters. The molecule has 3 heteroatoms. The van der Waals surface area contributed by atoms with Crippen molar-refractivity contribution in [3.05, 3.63) is 0 Å². The fourth-order valence-corrected chi connectivity index (χ4v) is 2.90. The van der Waals surface area contributed by atoms with Crippen LogP contribution in [0.2, 0.25) is 0 Å². The Hall–Kier alpha value is -1.04. The van der Waals surface area contributed by atoms with Crippen LogP contribution >= 0.6 is 0 Å². The molecule has 0 aromatic heterocycles. The molecule has 0 amide bonds. The monoisotopic (exact) mass is 251 g/mol. The molecule has 0 aromatic rings. The molecule has 0 spiro atoms. The minimum Gasteiger partial charge on any atom is -0.465 e. The van der Waals surface area contributed by atoms with E-state index in [1.54, 1.807) is 6.92 Å². The van der Waals surface area contributed by atoms with Crippen LogP contribution in [-0.2, 0) is 9.53 Å². The van der Waals surface area contributed by atoms with Crippen LogP contribution in [0.5, 0.6) is 0 Å². The van der Waals surface area contributed by atoms with Crippen LogP contribution in [0.15, 0.2) is 0 Å². The van der Waals surface area contributed by atoms with Gasteiger partial charge in [-0.1, -0.05) is 20.8 Å². The molecular formula is C15H25NO2. The Labute approximate surface area is 111 Å². The van der Waals surface area contributed by atoms with E-state index in [2.05, 4.69) is 26.8 Å². The Kier molecular flexibility index (Phi) is 5.19. The highest BCUT2D eigenvalue weighted by atomic mass is 16.5. The summed E-state index contributed by atoms with van der Waals surface area (Å²) in [5.74, 6) is -0.00647. The van der Waals surface area contributed by atoms with Crippen molar-refractivity contribution in [3.8, 4) is 6.07 Å². The largest absolute Gasteiger partial charge is 0.465 e. The first-order chi connectivity index (χ1) is 8.40. The average molecular weight is 251 g/mol. The van der Waals surface area contributed by atoms with Crippen molar-refractivity contribution in [2.75, 3.05) is 6.61 Å². The first-order valence-corrected chi connectivity index (χ1v) is 6.96. The Balaban J connectivity index is 2.56. The summed E-state index contributed by atoms with van der Waals surface area (Å²) in [5, 5.41) is 9.15. The molecule has 1 aliphatic carbocycles. The number of rotatable bonds is 3. The zero-order valence-electron chi connectivity index (χ0n) is 12.0. The van der Waals surface area contributed by atoms with Crippen LogP contribution < -0.4 is 0 Å². The van der Waals surface area contributed by atoms with Gasteiger partial charge < -0.3 is 4.74 Å². The number of hydrogen-bond donors (Lipinski definition) is 0. The molecule has 3 nitrogen and oxygen atoms in total. The molecule has 1 atom stereocenters. The maximum Gasteiger partial charge on any atom is 0.323 e. The lowest BCUT2D eigenvalue weighted by Crippen LogP contribution is -2.31. The molecule has 0 N–H and O–H groups in total. The molecule has 0 heterocycles. The van der Waals surface area contributed by atoms with E-state index in [9.17, 15) is 4.79 Å². The number of hydrogen-bond acceptors (Lipinski definition) is 3. The summed E-state index contributed by atoms with van der Waals surface area (Å²) in [6, 6.07) is 2.14. The number of nitrogens with zero attached hydrogens (tertiary/aromatic N) is 1. The van der Waals surface area contributed by atoms with Crippen molar-refractivity contribution in [1.82, 2.24) is 0 Å². The van der Waals surface area contributed by atoms with Crippen LogP contribution in [-0.4, -0.2) is 12.6 Å². The summed E-state index contributed by atoms with van der Waals surface area (Å²) in [5.41, 5.74) is 0.330. The molecule has 0 aliphatic heterocycles. The third kappa shape index (κ3) is 3.73. The number of nitriles is 1. The van der Waals surface area contributed by atoms with Crippen LogP contribution in [0.4, 0.5) is 0 Å². The van der Waals surface area contributed by atoms with Gasteiger partial charge in [0.15, 0.2) is 0 Å². The molecule has 1 saturated carbocycles. The molecule has 1 rings (SSSR count). The first kappa shape index (κ1) is 15.0. The third-order valence-electron chi connectivity index (χ3n) is 4.15. The van der Waals surface area contributed by atoms with E-state index < -0.39 is 5.92 Å². The van der Waals surface area contributed by atoms with E-state index in [4.69, 9.17) is 10.00 Å². The normalized spacial score (nSPS) is 26.2. The van der Waals surface area contributed by atoms with Gasteiger partial charge in [0.05, 0.1) is 12.7 Å². The summed E-state index contributed by atoms with van der Waals surface area (Å²) >= 11 is 0. The SMILES string of the molecule is CCOC(=O)C(C#N)C1CCC(C(C)(C)C)CC1. The van der Waals surface area contributed by atoms with Gasteiger partial charge in [-0.05, 0) is 49.9 Å². The molecule has 1 fully saturated rings. The van der Waals surface area contributed by atoms with Crippen LogP contribution in [0.1, 0.15) is 53.4 Å². The summed E-state index contributed by atoms with van der Waals surface area (Å²) in [6.07, 6.45) is 4.18. The molecule has 102 valence electrons. The van der Waals surface area contributed by atoms with Crippen molar-refractivity contribution in [2.45, 2.75) is 53.4 Å². The minimum atomic E-state index is -0.564. The summed E-state index contributed by atoms with van der Waals surface area (Å²) in [7, 11) is 0. The lowest BCUT2D eigenvalue weighted by molar-refractivity contribution is -0.148. The predicted octanol–water partition coefficient (Wildman–Crippen LogP) is 3.54. The number of carbonyl (C=O) groups is 1. The topological polar surface area (TPSA) is 50.1 Å². The van der Waals surface area contributed by atoms with Gasteiger partial charge in [-0.3, -0.25) is 4.79 Å². The predicted molar refractivity (Wildman–Crippen MR) is 70.6 cm³/mol. The fourth-order valence-electron chi connectivity index (χ4n) is 2.90. The molecule has 18 heavy (non-hydrogen) atoms. The van der Waals surface area contributed by atoms with Crippen LogP contribution in [0.3, 0.4) is 0 Å². The van der Waals surface area contributed by atoms with Gasteiger partial charge in [0, 0.05) is 0 Å². The standard InChI is InChI=1S/C15H25NO2/c1-5-18-14(17)13(10-16)11-6-8-12(9-7-11)15(2,3)4/h11-13H,5-9H2,1-4H3. The van der Waals surface area contributed by atoms with Gasteiger partial charge in [-0.15, -0.1) is 0 Å². The number of esters is 1. The second-order valence-electron chi connectivity index (χ2n) is 6.34. The Morgan fingerprint density at radius 2 is 1.89 bits per heavy atom. The molecule has 1 aliphatic rings. The second kappa shape index (κ2) is 6.22. The summed E-state index contributed by atoms with van der Waals surface area (Å²) in [6.45, 7) is 8.94. The average Bonchev–Trinajstić information content (AvgIpc) is 2.30. The summed E-state index contributed by atoms with van der Waals surface area (Å²) < 4.78 is 4.98. The molecule has 0 bridgehead atoms. The van der Waals surface area contributed by atoms with Crippen LogP contribution in [0, 0.1) is 34.5 Å². The number of ether oxygens (including phenoxy) is 1.